The lowest BCUT2D eigenvalue weighted by Crippen LogP contribution is -2.41. The van der Waals surface area contributed by atoms with Crippen molar-refractivity contribution in [3.8, 4) is 0 Å². The molecule has 3 aromatic rings. The van der Waals surface area contributed by atoms with Crippen LogP contribution in [0.15, 0.2) is 57.9 Å². The molecule has 1 aliphatic rings. The minimum absolute atomic E-state index is 0.0454. The van der Waals surface area contributed by atoms with Gasteiger partial charge in [-0.2, -0.15) is 0 Å². The number of anilines is 2. The number of amides is 1. The highest BCUT2D eigenvalue weighted by Gasteiger charge is 2.25. The fraction of sp³-hybridized carbons (Fsp3) is 0.423. The number of thioether (sulfide) groups is 1. The highest BCUT2D eigenvalue weighted by molar-refractivity contribution is 8.00. The zero-order valence-corrected chi connectivity index (χ0v) is 22.5. The van der Waals surface area contributed by atoms with E-state index in [1.165, 1.54) is 6.08 Å². The van der Waals surface area contributed by atoms with E-state index < -0.39 is 6.23 Å². The molecule has 192 valence electrons. The van der Waals surface area contributed by atoms with Crippen molar-refractivity contribution in [2.45, 2.75) is 61.3 Å². The number of benzene rings is 1. The molecule has 2 aromatic heterocycles. The molecule has 0 bridgehead atoms. The van der Waals surface area contributed by atoms with Crippen LogP contribution in [0.25, 0.3) is 0 Å². The van der Waals surface area contributed by atoms with Crippen LogP contribution in [-0.4, -0.2) is 45.0 Å². The number of nitrogens with one attached hydrogen (secondary N) is 2. The van der Waals surface area contributed by atoms with Crippen LogP contribution in [0.3, 0.4) is 0 Å². The fourth-order valence-corrected chi connectivity index (χ4v) is 5.70. The summed E-state index contributed by atoms with van der Waals surface area (Å²) in [5.41, 5.74) is 1.35. The number of aliphatic hydroxyl groups is 1. The monoisotopic (exact) mass is 527 g/mol. The summed E-state index contributed by atoms with van der Waals surface area (Å²) in [5.74, 6) is 2.03. The second-order valence-electron chi connectivity index (χ2n) is 9.79. The van der Waals surface area contributed by atoms with E-state index in [2.05, 4.69) is 52.9 Å². The predicted molar refractivity (Wildman–Crippen MR) is 145 cm³/mol. The largest absolute Gasteiger partial charge is 0.444 e. The smallest absolute Gasteiger partial charge is 0.247 e. The molecular weight excluding hydrogens is 494 g/mol. The average Bonchev–Trinajstić information content (AvgIpc) is 3.52. The van der Waals surface area contributed by atoms with Crippen LogP contribution in [0, 0.1) is 0 Å². The molecule has 1 saturated heterocycles. The van der Waals surface area contributed by atoms with Crippen LogP contribution in [0.2, 0.25) is 0 Å². The van der Waals surface area contributed by atoms with Crippen molar-refractivity contribution in [3.05, 3.63) is 66.5 Å². The first-order valence-electron chi connectivity index (χ1n) is 12.0. The number of aromatic nitrogens is 2. The van der Waals surface area contributed by atoms with Gasteiger partial charge in [0.25, 0.3) is 0 Å². The van der Waals surface area contributed by atoms with Crippen LogP contribution in [0.5, 0.6) is 0 Å². The molecule has 1 aromatic carbocycles. The van der Waals surface area contributed by atoms with Crippen LogP contribution in [-0.2, 0) is 16.0 Å². The Labute approximate surface area is 220 Å². The minimum atomic E-state index is -0.719. The molecule has 1 unspecified atom stereocenters. The van der Waals surface area contributed by atoms with Crippen molar-refractivity contribution < 1.29 is 14.3 Å². The zero-order chi connectivity index (χ0) is 25.7. The molecule has 1 aliphatic heterocycles. The number of thiazole rings is 1. The maximum Gasteiger partial charge on any atom is 0.247 e. The van der Waals surface area contributed by atoms with Crippen molar-refractivity contribution >= 4 is 39.8 Å². The standard InChI is InChI=1S/C26H33N5O3S2/c1-5-21(32)29-19-8-6-7-17(13-19)24(33)31-11-9-18(10-12-31)30-25-28-15-23(36-25)35-16-22-27-14-20(34-22)26(2,3)4/h5-8,13-15,18,24,33H,1,9-12,16H2,2-4H3,(H,28,30)(H,29,32). The Kier molecular flexibility index (Phi) is 8.50. The predicted octanol–water partition coefficient (Wildman–Crippen LogP) is 5.41. The SMILES string of the molecule is C=CC(=O)Nc1cccc(C(O)N2CCC(Nc3ncc(SCc4ncc(C(C)(C)C)o4)s3)CC2)c1. The Morgan fingerprint density at radius 3 is 2.81 bits per heavy atom. The molecule has 1 amide bonds. The van der Waals surface area contributed by atoms with Gasteiger partial charge in [0.15, 0.2) is 5.13 Å². The van der Waals surface area contributed by atoms with Gasteiger partial charge in [-0.25, -0.2) is 9.97 Å². The number of oxazole rings is 1. The van der Waals surface area contributed by atoms with E-state index >= 15 is 0 Å². The summed E-state index contributed by atoms with van der Waals surface area (Å²) in [6, 6.07) is 7.59. The van der Waals surface area contributed by atoms with Gasteiger partial charge in [0.05, 0.1) is 22.4 Å². The Balaban J connectivity index is 1.24. The van der Waals surface area contributed by atoms with Gasteiger partial charge in [-0.3, -0.25) is 9.69 Å². The molecule has 0 saturated carbocycles. The third-order valence-electron chi connectivity index (χ3n) is 5.96. The van der Waals surface area contributed by atoms with E-state index in [1.807, 2.05) is 24.5 Å². The van der Waals surface area contributed by atoms with E-state index in [1.54, 1.807) is 35.2 Å². The Morgan fingerprint density at radius 2 is 2.11 bits per heavy atom. The first kappa shape index (κ1) is 26.4. The summed E-state index contributed by atoms with van der Waals surface area (Å²) < 4.78 is 6.99. The summed E-state index contributed by atoms with van der Waals surface area (Å²) in [6.45, 7) is 11.3. The lowest BCUT2D eigenvalue weighted by atomic mass is 9.94. The van der Waals surface area contributed by atoms with E-state index in [9.17, 15) is 9.90 Å². The highest BCUT2D eigenvalue weighted by atomic mass is 32.2. The van der Waals surface area contributed by atoms with Crippen molar-refractivity contribution in [2.24, 2.45) is 0 Å². The van der Waals surface area contributed by atoms with E-state index in [0.717, 1.165) is 52.5 Å². The Morgan fingerprint density at radius 1 is 1.33 bits per heavy atom. The normalized spacial score (nSPS) is 16.0. The van der Waals surface area contributed by atoms with Crippen molar-refractivity contribution in [2.75, 3.05) is 23.7 Å². The lowest BCUT2D eigenvalue weighted by molar-refractivity contribution is -0.111. The first-order valence-corrected chi connectivity index (χ1v) is 13.8. The van der Waals surface area contributed by atoms with E-state index in [4.69, 9.17) is 4.42 Å². The van der Waals surface area contributed by atoms with Gasteiger partial charge < -0.3 is 20.2 Å². The molecule has 1 atom stereocenters. The second kappa shape index (κ2) is 11.6. The zero-order valence-electron chi connectivity index (χ0n) is 20.9. The molecule has 0 spiro atoms. The number of likely N-dealkylation sites (tertiary alicyclic amines) is 1. The molecule has 10 heteroatoms. The molecule has 3 N–H and O–H groups in total. The van der Waals surface area contributed by atoms with Crippen LogP contribution in [0.4, 0.5) is 10.8 Å². The number of carbonyl (C=O) groups excluding carboxylic acids is 1. The quantitative estimate of drug-likeness (QED) is 0.251. The highest BCUT2D eigenvalue weighted by Crippen LogP contribution is 2.33. The second-order valence-corrected chi connectivity index (χ2v) is 12.1. The lowest BCUT2D eigenvalue weighted by Gasteiger charge is -2.35. The van der Waals surface area contributed by atoms with E-state index in [0.29, 0.717) is 17.5 Å². The first-order chi connectivity index (χ1) is 17.2. The molecular formula is C26H33N5O3S2. The molecule has 4 rings (SSSR count). The maximum absolute atomic E-state index is 11.6. The van der Waals surface area contributed by atoms with Crippen LogP contribution >= 0.6 is 23.1 Å². The summed E-state index contributed by atoms with van der Waals surface area (Å²) in [7, 11) is 0. The van der Waals surface area contributed by atoms with E-state index in [-0.39, 0.29) is 11.3 Å². The van der Waals surface area contributed by atoms with Crippen LogP contribution < -0.4 is 10.6 Å². The molecule has 36 heavy (non-hydrogen) atoms. The van der Waals surface area contributed by atoms with Gasteiger partial charge in [0.1, 0.15) is 12.0 Å². The molecule has 1 fully saturated rings. The van der Waals surface area contributed by atoms with Gasteiger partial charge in [0, 0.05) is 30.2 Å². The molecule has 0 radical (unpaired) electrons. The molecule has 8 nitrogen and oxygen atoms in total. The number of nitrogens with zero attached hydrogens (tertiary/aromatic N) is 3. The summed E-state index contributed by atoms with van der Waals surface area (Å²) >= 11 is 3.31. The van der Waals surface area contributed by atoms with Crippen molar-refractivity contribution in [3.63, 3.8) is 0 Å². The van der Waals surface area contributed by atoms with Gasteiger partial charge in [-0.1, -0.05) is 50.8 Å². The summed E-state index contributed by atoms with van der Waals surface area (Å²) in [6.07, 6.45) is 6.02. The number of piperidine rings is 1. The van der Waals surface area contributed by atoms with Crippen molar-refractivity contribution in [1.82, 2.24) is 14.9 Å². The summed E-state index contributed by atoms with van der Waals surface area (Å²) in [5, 5.41) is 18.1. The Hall–Kier alpha value is -2.66. The molecule has 0 aliphatic carbocycles. The van der Waals surface area contributed by atoms with Gasteiger partial charge in [0.2, 0.25) is 11.8 Å². The number of rotatable bonds is 9. The number of hydrogen-bond donors (Lipinski definition) is 3. The number of aliphatic hydroxyl groups excluding tert-OH is 1. The van der Waals surface area contributed by atoms with Gasteiger partial charge in [-0.15, -0.1) is 11.8 Å². The third kappa shape index (κ3) is 6.97. The van der Waals surface area contributed by atoms with Crippen LogP contribution in [0.1, 0.15) is 57.1 Å². The third-order valence-corrected chi connectivity index (χ3v) is 8.06. The number of carbonyl (C=O) groups is 1. The topological polar surface area (TPSA) is 104 Å². The van der Waals surface area contributed by atoms with Gasteiger partial charge >= 0.3 is 0 Å². The summed E-state index contributed by atoms with van der Waals surface area (Å²) in [4.78, 5) is 22.6. The fourth-order valence-electron chi connectivity index (χ4n) is 3.89. The Bertz CT molecular complexity index is 1180. The van der Waals surface area contributed by atoms with Crippen molar-refractivity contribution in [1.29, 1.82) is 0 Å². The maximum atomic E-state index is 11.6. The van der Waals surface area contributed by atoms with Gasteiger partial charge in [-0.05, 0) is 36.6 Å². The number of hydrogen-bond acceptors (Lipinski definition) is 9. The average molecular weight is 528 g/mol. The minimum Gasteiger partial charge on any atom is -0.444 e. The molecule has 3 heterocycles.